The highest BCUT2D eigenvalue weighted by Gasteiger charge is 2.32. The molecule has 1 unspecified atom stereocenters. The Hall–Kier alpha value is -1.07. The maximum absolute atomic E-state index is 8.62. The average Bonchev–Trinajstić information content (AvgIpc) is 3.03. The third-order valence-corrected chi connectivity index (χ3v) is 3.99. The molecule has 5 heteroatoms. The number of nitrogens with zero attached hydrogens (tertiary/aromatic N) is 2. The molecule has 1 aliphatic carbocycles. The molecule has 1 fully saturated rings. The summed E-state index contributed by atoms with van der Waals surface area (Å²) in [7, 11) is 0. The monoisotopic (exact) mass is 253 g/mol. The van der Waals surface area contributed by atoms with E-state index in [9.17, 15) is 0 Å². The van der Waals surface area contributed by atoms with Crippen LogP contribution in [0.4, 0.5) is 0 Å². The Labute approximate surface area is 106 Å². The maximum Gasteiger partial charge on any atom is 0.140 e. The molecule has 1 aliphatic rings. The van der Waals surface area contributed by atoms with Crippen LogP contribution in [0.2, 0.25) is 0 Å². The van der Waals surface area contributed by atoms with E-state index in [1.807, 2.05) is 0 Å². The molecule has 0 radical (unpaired) electrons. The molecular formula is C12H19N3OS. The van der Waals surface area contributed by atoms with Crippen molar-refractivity contribution in [3.8, 4) is 0 Å². The summed E-state index contributed by atoms with van der Waals surface area (Å²) < 4.78 is 0. The van der Waals surface area contributed by atoms with Crippen molar-refractivity contribution in [3.63, 3.8) is 0 Å². The lowest BCUT2D eigenvalue weighted by Crippen LogP contribution is -2.37. The molecule has 0 bridgehead atoms. The van der Waals surface area contributed by atoms with Crippen LogP contribution in [-0.4, -0.2) is 28.0 Å². The zero-order valence-corrected chi connectivity index (χ0v) is 10.9. The van der Waals surface area contributed by atoms with E-state index < -0.39 is 0 Å². The molecule has 1 saturated carbocycles. The zero-order chi connectivity index (χ0) is 12.3. The fourth-order valence-electron chi connectivity index (χ4n) is 2.09. The van der Waals surface area contributed by atoms with E-state index in [0.29, 0.717) is 24.3 Å². The molecule has 94 valence electrons. The minimum atomic E-state index is 0.314. The molecule has 1 aromatic heterocycles. The first-order valence-corrected chi connectivity index (χ1v) is 6.83. The number of nitrogens with two attached hydrogens (primary N) is 1. The van der Waals surface area contributed by atoms with Gasteiger partial charge in [0.25, 0.3) is 0 Å². The topological polar surface area (TPSA) is 61.9 Å². The van der Waals surface area contributed by atoms with Crippen LogP contribution in [0.25, 0.3) is 0 Å². The molecule has 0 amide bonds. The number of rotatable bonds is 6. The third kappa shape index (κ3) is 3.44. The van der Waals surface area contributed by atoms with Gasteiger partial charge >= 0.3 is 0 Å². The number of hydrogen-bond donors (Lipinski definition) is 2. The smallest absolute Gasteiger partial charge is 0.140 e. The number of oxime groups is 1. The van der Waals surface area contributed by atoms with Crippen molar-refractivity contribution in [1.82, 2.24) is 4.90 Å². The highest BCUT2D eigenvalue weighted by atomic mass is 32.1. The molecule has 17 heavy (non-hydrogen) atoms. The van der Waals surface area contributed by atoms with E-state index in [4.69, 9.17) is 10.9 Å². The molecule has 1 aromatic rings. The Morgan fingerprint density at radius 3 is 3.00 bits per heavy atom. The first-order valence-electron chi connectivity index (χ1n) is 5.95. The normalized spacial score (nSPS) is 18.6. The van der Waals surface area contributed by atoms with Crippen LogP contribution < -0.4 is 5.73 Å². The SMILES string of the molecule is CC(C/C(N)=N/O)N(Cc1cccs1)C1CC1. The Morgan fingerprint density at radius 1 is 1.71 bits per heavy atom. The number of hydrogen-bond acceptors (Lipinski definition) is 4. The fraction of sp³-hybridized carbons (Fsp3) is 0.583. The van der Waals surface area contributed by atoms with Gasteiger partial charge in [-0.05, 0) is 31.2 Å². The summed E-state index contributed by atoms with van der Waals surface area (Å²) in [5.74, 6) is 0.314. The molecule has 1 heterocycles. The van der Waals surface area contributed by atoms with Gasteiger partial charge in [0.2, 0.25) is 0 Å². The molecule has 0 aliphatic heterocycles. The molecule has 1 atom stereocenters. The van der Waals surface area contributed by atoms with Gasteiger partial charge in [-0.15, -0.1) is 11.3 Å². The molecule has 4 nitrogen and oxygen atoms in total. The maximum atomic E-state index is 8.62. The van der Waals surface area contributed by atoms with Crippen molar-refractivity contribution in [2.75, 3.05) is 0 Å². The lowest BCUT2D eigenvalue weighted by atomic mass is 10.2. The summed E-state index contributed by atoms with van der Waals surface area (Å²) in [5, 5.41) is 13.8. The van der Waals surface area contributed by atoms with Gasteiger partial charge in [0.1, 0.15) is 5.84 Å². The van der Waals surface area contributed by atoms with Crippen LogP contribution in [0.15, 0.2) is 22.7 Å². The molecular weight excluding hydrogens is 234 g/mol. The molecule has 0 saturated heterocycles. The van der Waals surface area contributed by atoms with E-state index in [1.165, 1.54) is 17.7 Å². The number of thiophene rings is 1. The highest BCUT2D eigenvalue weighted by molar-refractivity contribution is 7.09. The van der Waals surface area contributed by atoms with Gasteiger partial charge in [0.15, 0.2) is 0 Å². The van der Waals surface area contributed by atoms with Gasteiger partial charge in [0, 0.05) is 29.9 Å². The van der Waals surface area contributed by atoms with Crippen LogP contribution in [0.3, 0.4) is 0 Å². The van der Waals surface area contributed by atoms with Crippen molar-refractivity contribution < 1.29 is 5.21 Å². The van der Waals surface area contributed by atoms with E-state index in [-0.39, 0.29) is 0 Å². The van der Waals surface area contributed by atoms with Gasteiger partial charge in [-0.2, -0.15) is 0 Å². The Balaban J connectivity index is 1.96. The predicted molar refractivity (Wildman–Crippen MR) is 70.4 cm³/mol. The first-order chi connectivity index (χ1) is 8.20. The van der Waals surface area contributed by atoms with Crippen molar-refractivity contribution in [1.29, 1.82) is 0 Å². The van der Waals surface area contributed by atoms with E-state index in [1.54, 1.807) is 11.3 Å². The predicted octanol–water partition coefficient (Wildman–Crippen LogP) is 2.24. The summed E-state index contributed by atoms with van der Waals surface area (Å²) in [5.41, 5.74) is 5.58. The summed E-state index contributed by atoms with van der Waals surface area (Å²) in [6.07, 6.45) is 3.16. The van der Waals surface area contributed by atoms with Crippen LogP contribution >= 0.6 is 11.3 Å². The van der Waals surface area contributed by atoms with Crippen LogP contribution in [-0.2, 0) is 6.54 Å². The lowest BCUT2D eigenvalue weighted by molar-refractivity contribution is 0.193. The standard InChI is InChI=1S/C12H19N3OS/c1-9(7-12(13)14-16)15(10-4-5-10)8-11-3-2-6-17-11/h2-3,6,9-10,16H,4-5,7-8H2,1H3,(H2,13,14). The van der Waals surface area contributed by atoms with E-state index in [0.717, 1.165) is 6.54 Å². The zero-order valence-electron chi connectivity index (χ0n) is 10.0. The Morgan fingerprint density at radius 2 is 2.47 bits per heavy atom. The van der Waals surface area contributed by atoms with Crippen LogP contribution in [0.5, 0.6) is 0 Å². The van der Waals surface area contributed by atoms with Gasteiger partial charge in [-0.3, -0.25) is 4.90 Å². The van der Waals surface area contributed by atoms with Crippen LogP contribution in [0, 0.1) is 0 Å². The summed E-state index contributed by atoms with van der Waals surface area (Å²) in [6.45, 7) is 3.12. The lowest BCUT2D eigenvalue weighted by Gasteiger charge is -2.28. The molecule has 0 aromatic carbocycles. The molecule has 2 rings (SSSR count). The van der Waals surface area contributed by atoms with Gasteiger partial charge in [0.05, 0.1) is 0 Å². The fourth-order valence-corrected chi connectivity index (χ4v) is 2.81. The summed E-state index contributed by atoms with van der Waals surface area (Å²) in [6, 6.07) is 5.24. The van der Waals surface area contributed by atoms with Crippen molar-refractivity contribution in [2.45, 2.75) is 44.8 Å². The van der Waals surface area contributed by atoms with Crippen molar-refractivity contribution in [3.05, 3.63) is 22.4 Å². The van der Waals surface area contributed by atoms with Crippen molar-refractivity contribution in [2.24, 2.45) is 10.9 Å². The third-order valence-electron chi connectivity index (χ3n) is 3.13. The largest absolute Gasteiger partial charge is 0.409 e. The molecule has 0 spiro atoms. The summed E-state index contributed by atoms with van der Waals surface area (Å²) in [4.78, 5) is 3.84. The average molecular weight is 253 g/mol. The first kappa shape index (κ1) is 12.4. The molecule has 3 N–H and O–H groups in total. The van der Waals surface area contributed by atoms with Gasteiger partial charge < -0.3 is 10.9 Å². The van der Waals surface area contributed by atoms with E-state index >= 15 is 0 Å². The second-order valence-corrected chi connectivity index (χ2v) is 5.66. The van der Waals surface area contributed by atoms with E-state index in [2.05, 4.69) is 34.5 Å². The second kappa shape index (κ2) is 5.51. The van der Waals surface area contributed by atoms with Gasteiger partial charge in [-0.25, -0.2) is 0 Å². The van der Waals surface area contributed by atoms with Crippen molar-refractivity contribution >= 4 is 17.2 Å². The Kier molecular flexibility index (Phi) is 4.02. The summed E-state index contributed by atoms with van der Waals surface area (Å²) >= 11 is 1.79. The minimum absolute atomic E-state index is 0.314. The second-order valence-electron chi connectivity index (χ2n) is 4.63. The van der Waals surface area contributed by atoms with Gasteiger partial charge in [-0.1, -0.05) is 11.2 Å². The number of amidine groups is 1. The minimum Gasteiger partial charge on any atom is -0.409 e. The Bertz CT molecular complexity index is 373. The highest BCUT2D eigenvalue weighted by Crippen LogP contribution is 2.31. The quantitative estimate of drug-likeness (QED) is 0.354. The van der Waals surface area contributed by atoms with Crippen LogP contribution in [0.1, 0.15) is 31.1 Å².